The van der Waals surface area contributed by atoms with Crippen molar-refractivity contribution >= 4 is 0 Å². The van der Waals surface area contributed by atoms with E-state index in [0.29, 0.717) is 23.0 Å². The first-order chi connectivity index (χ1) is 9.90. The third-order valence-corrected chi connectivity index (χ3v) is 6.51. The van der Waals surface area contributed by atoms with Crippen LogP contribution in [0.25, 0.3) is 0 Å². The van der Waals surface area contributed by atoms with E-state index in [9.17, 15) is 0 Å². The zero-order valence-electron chi connectivity index (χ0n) is 14.1. The van der Waals surface area contributed by atoms with Crippen molar-refractivity contribution in [1.29, 1.82) is 0 Å². The van der Waals surface area contributed by atoms with Crippen LogP contribution in [0, 0.1) is 5.41 Å². The van der Waals surface area contributed by atoms with E-state index in [2.05, 4.69) is 56.9 Å². The molecule has 1 saturated heterocycles. The Kier molecular flexibility index (Phi) is 3.66. The van der Waals surface area contributed by atoms with E-state index < -0.39 is 0 Å². The van der Waals surface area contributed by atoms with Gasteiger partial charge in [-0.25, -0.2) is 0 Å². The molecule has 2 nitrogen and oxygen atoms in total. The van der Waals surface area contributed by atoms with Crippen LogP contribution >= 0.6 is 0 Å². The zero-order valence-corrected chi connectivity index (χ0v) is 14.1. The number of methoxy groups -OCH3 is 1. The molecule has 2 aliphatic rings. The molecule has 0 amide bonds. The normalized spacial score (nSPS) is 32.5. The van der Waals surface area contributed by atoms with Crippen LogP contribution in [-0.4, -0.2) is 37.2 Å². The summed E-state index contributed by atoms with van der Waals surface area (Å²) in [5.41, 5.74) is 3.73. The first-order valence-electron chi connectivity index (χ1n) is 8.25. The third kappa shape index (κ3) is 2.15. The van der Waals surface area contributed by atoms with E-state index in [0.717, 1.165) is 6.54 Å². The van der Waals surface area contributed by atoms with E-state index in [-0.39, 0.29) is 0 Å². The summed E-state index contributed by atoms with van der Waals surface area (Å²) in [5, 5.41) is 0. The Hall–Kier alpha value is -0.860. The number of ether oxygens (including phenoxy) is 1. The van der Waals surface area contributed by atoms with Crippen LogP contribution in [0.1, 0.15) is 45.2 Å². The van der Waals surface area contributed by atoms with Gasteiger partial charge in [0.2, 0.25) is 0 Å². The lowest BCUT2D eigenvalue weighted by Gasteiger charge is -2.61. The molecule has 116 valence electrons. The van der Waals surface area contributed by atoms with Crippen LogP contribution in [0.5, 0.6) is 0 Å². The first-order valence-corrected chi connectivity index (χ1v) is 8.25. The molecule has 0 spiro atoms. The van der Waals surface area contributed by atoms with E-state index >= 15 is 0 Å². The van der Waals surface area contributed by atoms with Crippen molar-refractivity contribution in [2.45, 2.75) is 58.1 Å². The Balaban J connectivity index is 1.99. The van der Waals surface area contributed by atoms with Crippen LogP contribution in [0.4, 0.5) is 0 Å². The molecule has 2 heteroatoms. The molecule has 3 rings (SSSR count). The molecule has 0 N–H and O–H groups in total. The average molecular weight is 287 g/mol. The van der Waals surface area contributed by atoms with Gasteiger partial charge in [-0.15, -0.1) is 0 Å². The summed E-state index contributed by atoms with van der Waals surface area (Å²) >= 11 is 0. The van der Waals surface area contributed by atoms with Crippen molar-refractivity contribution in [1.82, 2.24) is 4.90 Å². The number of rotatable bonds is 3. The summed E-state index contributed by atoms with van der Waals surface area (Å²) in [4.78, 5) is 2.67. The fourth-order valence-electron chi connectivity index (χ4n) is 4.60. The van der Waals surface area contributed by atoms with Crippen LogP contribution in [0.2, 0.25) is 0 Å². The summed E-state index contributed by atoms with van der Waals surface area (Å²) in [5.74, 6) is 0. The standard InChI is InChI=1S/C19H29NO/c1-14(21-5)13-20-11-10-19(4)16-9-7-6-8-15(16)12-17(20)18(19,2)3/h6-9,14,17H,10-13H2,1-5H3/t14-,17-,19+/m1/s1. The van der Waals surface area contributed by atoms with Gasteiger partial charge in [0.05, 0.1) is 6.10 Å². The molecule has 1 aliphatic carbocycles. The molecule has 1 heterocycles. The topological polar surface area (TPSA) is 12.5 Å². The molecular formula is C19H29NO. The van der Waals surface area contributed by atoms with Gasteiger partial charge in [-0.05, 0) is 42.9 Å². The zero-order chi connectivity index (χ0) is 15.3. The fraction of sp³-hybridized carbons (Fsp3) is 0.684. The van der Waals surface area contributed by atoms with Gasteiger partial charge in [0.25, 0.3) is 0 Å². The largest absolute Gasteiger partial charge is 0.380 e. The SMILES string of the molecule is CO[C@H](C)CN1CC[C@@]2(C)c3ccccc3C[C@@H]1C2(C)C. The summed E-state index contributed by atoms with van der Waals surface area (Å²) in [6, 6.07) is 9.71. The van der Waals surface area contributed by atoms with Gasteiger partial charge in [-0.2, -0.15) is 0 Å². The summed E-state index contributed by atoms with van der Waals surface area (Å²) in [7, 11) is 1.82. The summed E-state index contributed by atoms with van der Waals surface area (Å²) in [6.45, 7) is 11.8. The molecule has 0 aromatic heterocycles. The molecule has 3 atom stereocenters. The van der Waals surface area contributed by atoms with Gasteiger partial charge in [0, 0.05) is 25.1 Å². The Bertz CT molecular complexity index is 524. The van der Waals surface area contributed by atoms with Crippen LogP contribution in [0.3, 0.4) is 0 Å². The minimum Gasteiger partial charge on any atom is -0.380 e. The number of fused-ring (bicyclic) bond motifs is 4. The molecule has 0 saturated carbocycles. The van der Waals surface area contributed by atoms with Gasteiger partial charge in [0.1, 0.15) is 0 Å². The Morgan fingerprint density at radius 1 is 1.29 bits per heavy atom. The predicted molar refractivity (Wildman–Crippen MR) is 87.7 cm³/mol. The van der Waals surface area contributed by atoms with Gasteiger partial charge >= 0.3 is 0 Å². The van der Waals surface area contributed by atoms with Crippen molar-refractivity contribution in [3.8, 4) is 0 Å². The van der Waals surface area contributed by atoms with E-state index in [1.165, 1.54) is 19.4 Å². The molecule has 1 aromatic rings. The summed E-state index contributed by atoms with van der Waals surface area (Å²) in [6.07, 6.45) is 2.72. The van der Waals surface area contributed by atoms with E-state index in [1.807, 2.05) is 7.11 Å². The number of hydrogen-bond acceptors (Lipinski definition) is 2. The van der Waals surface area contributed by atoms with Crippen molar-refractivity contribution in [2.24, 2.45) is 5.41 Å². The number of hydrogen-bond donors (Lipinski definition) is 0. The first kappa shape index (κ1) is 15.1. The average Bonchev–Trinajstić information content (AvgIpc) is 2.46. The Labute approximate surface area is 129 Å². The van der Waals surface area contributed by atoms with Gasteiger partial charge in [0.15, 0.2) is 0 Å². The maximum atomic E-state index is 5.51. The quantitative estimate of drug-likeness (QED) is 0.841. The van der Waals surface area contributed by atoms with Gasteiger partial charge in [-0.1, -0.05) is 45.0 Å². The molecular weight excluding hydrogens is 258 g/mol. The van der Waals surface area contributed by atoms with Crippen LogP contribution in [-0.2, 0) is 16.6 Å². The second kappa shape index (κ2) is 5.10. The molecule has 1 aliphatic heterocycles. The maximum Gasteiger partial charge on any atom is 0.0670 e. The Morgan fingerprint density at radius 2 is 2.00 bits per heavy atom. The lowest BCUT2D eigenvalue weighted by molar-refractivity contribution is -0.0568. The van der Waals surface area contributed by atoms with Crippen LogP contribution < -0.4 is 0 Å². The molecule has 0 radical (unpaired) electrons. The number of benzene rings is 1. The van der Waals surface area contributed by atoms with E-state index in [1.54, 1.807) is 11.1 Å². The highest BCUT2D eigenvalue weighted by atomic mass is 16.5. The van der Waals surface area contributed by atoms with Crippen molar-refractivity contribution in [3.05, 3.63) is 35.4 Å². The number of piperidine rings is 1. The second-order valence-electron chi connectivity index (χ2n) is 7.72. The van der Waals surface area contributed by atoms with Crippen molar-refractivity contribution < 1.29 is 4.74 Å². The van der Waals surface area contributed by atoms with E-state index in [4.69, 9.17) is 4.74 Å². The van der Waals surface area contributed by atoms with Crippen LogP contribution in [0.15, 0.2) is 24.3 Å². The number of likely N-dealkylation sites (tertiary alicyclic amines) is 1. The summed E-state index contributed by atoms with van der Waals surface area (Å²) < 4.78 is 5.51. The van der Waals surface area contributed by atoms with Gasteiger partial charge < -0.3 is 4.74 Å². The third-order valence-electron chi connectivity index (χ3n) is 6.51. The smallest absolute Gasteiger partial charge is 0.0670 e. The Morgan fingerprint density at radius 3 is 2.71 bits per heavy atom. The monoisotopic (exact) mass is 287 g/mol. The lowest BCUT2D eigenvalue weighted by atomic mass is 9.51. The lowest BCUT2D eigenvalue weighted by Crippen LogP contribution is -2.64. The highest BCUT2D eigenvalue weighted by Crippen LogP contribution is 2.55. The van der Waals surface area contributed by atoms with Crippen molar-refractivity contribution in [2.75, 3.05) is 20.2 Å². The number of nitrogens with zero attached hydrogens (tertiary/aromatic N) is 1. The maximum absolute atomic E-state index is 5.51. The fourth-order valence-corrected chi connectivity index (χ4v) is 4.60. The molecule has 21 heavy (non-hydrogen) atoms. The van der Waals surface area contributed by atoms with Crippen molar-refractivity contribution in [3.63, 3.8) is 0 Å². The minimum absolute atomic E-state index is 0.291. The molecule has 1 aromatic carbocycles. The van der Waals surface area contributed by atoms with Gasteiger partial charge in [-0.3, -0.25) is 4.90 Å². The minimum atomic E-state index is 0.291. The molecule has 1 fully saturated rings. The predicted octanol–water partition coefficient (Wildman–Crippen LogP) is 3.64. The molecule has 2 bridgehead atoms. The molecule has 0 unspecified atom stereocenters. The highest BCUT2D eigenvalue weighted by Gasteiger charge is 2.55. The highest BCUT2D eigenvalue weighted by molar-refractivity contribution is 5.41. The second-order valence-corrected chi connectivity index (χ2v) is 7.72.